The molecule has 15 heavy (non-hydrogen) atoms. The summed E-state index contributed by atoms with van der Waals surface area (Å²) in [5.41, 5.74) is 0. The monoisotopic (exact) mass is 239 g/mol. The molecule has 2 N–H and O–H groups in total. The Morgan fingerprint density at radius 1 is 1.40 bits per heavy atom. The zero-order chi connectivity index (χ0) is 12.3. The maximum Gasteiger partial charge on any atom is 0.341 e. The minimum absolute atomic E-state index is 0.0698. The van der Waals surface area contributed by atoms with Crippen molar-refractivity contribution in [1.29, 1.82) is 0 Å². The molecule has 0 aliphatic carbocycles. The van der Waals surface area contributed by atoms with Crippen molar-refractivity contribution >= 4 is 13.5 Å². The van der Waals surface area contributed by atoms with Crippen molar-refractivity contribution in [3.63, 3.8) is 0 Å². The van der Waals surface area contributed by atoms with Crippen molar-refractivity contribution < 1.29 is 24.0 Å². The highest BCUT2D eigenvalue weighted by molar-refractivity contribution is 7.54. The van der Waals surface area contributed by atoms with Crippen molar-refractivity contribution in [2.24, 2.45) is 0 Å². The molecule has 6 nitrogen and oxygen atoms in total. The van der Waals surface area contributed by atoms with Crippen LogP contribution in [-0.4, -0.2) is 40.1 Å². The van der Waals surface area contributed by atoms with Gasteiger partial charge in [-0.15, -0.1) is 0 Å². The van der Waals surface area contributed by atoms with E-state index < -0.39 is 18.7 Å². The zero-order valence-corrected chi connectivity index (χ0v) is 10.3. The summed E-state index contributed by atoms with van der Waals surface area (Å²) in [5, 5.41) is -0.816. The van der Waals surface area contributed by atoms with Crippen LogP contribution in [0.25, 0.3) is 0 Å². The average molecular weight is 239 g/mol. The molecule has 7 heteroatoms. The van der Waals surface area contributed by atoms with Gasteiger partial charge in [-0.2, -0.15) is 0 Å². The third-order valence-electron chi connectivity index (χ3n) is 2.69. The van der Waals surface area contributed by atoms with E-state index in [-0.39, 0.29) is 12.8 Å². The number of hydroxylamine groups is 2. The third-order valence-corrected chi connectivity index (χ3v) is 4.62. The molecule has 0 radical (unpaired) electrons. The first-order chi connectivity index (χ1) is 6.76. The predicted molar refractivity (Wildman–Crippen MR) is 55.1 cm³/mol. The molecule has 0 saturated heterocycles. The molecule has 0 aliphatic heterocycles. The molecule has 0 unspecified atom stereocenters. The normalized spacial score (nSPS) is 12.7. The first-order valence-corrected chi connectivity index (χ1v) is 6.26. The first kappa shape index (κ1) is 14.6. The Morgan fingerprint density at radius 2 is 1.80 bits per heavy atom. The van der Waals surface area contributed by atoms with Crippen LogP contribution < -0.4 is 0 Å². The van der Waals surface area contributed by atoms with E-state index in [1.165, 1.54) is 14.2 Å². The van der Waals surface area contributed by atoms with Crippen LogP contribution in [0.15, 0.2) is 0 Å². The average Bonchev–Trinajstić information content (AvgIpc) is 2.16. The summed E-state index contributed by atoms with van der Waals surface area (Å²) >= 11 is 0. The molecule has 0 spiro atoms. The van der Waals surface area contributed by atoms with Crippen molar-refractivity contribution in [3.8, 4) is 0 Å². The third kappa shape index (κ3) is 2.58. The summed E-state index contributed by atoms with van der Waals surface area (Å²) in [4.78, 5) is 35.0. The molecule has 0 aromatic heterocycles. The Balaban J connectivity index is 5.30. The molecule has 0 rings (SSSR count). The minimum atomic E-state index is -4.50. The Bertz CT molecular complexity index is 270. The number of amides is 1. The zero-order valence-electron chi connectivity index (χ0n) is 9.43. The van der Waals surface area contributed by atoms with Gasteiger partial charge in [0.2, 0.25) is 0 Å². The van der Waals surface area contributed by atoms with Crippen LogP contribution in [0.1, 0.15) is 26.7 Å². The van der Waals surface area contributed by atoms with Crippen LogP contribution >= 0.6 is 7.60 Å². The maximum absolute atomic E-state index is 11.8. The predicted octanol–water partition coefficient (Wildman–Crippen LogP) is 0.743. The lowest BCUT2D eigenvalue weighted by molar-refractivity contribution is -0.172. The Hall–Kier alpha value is -0.420. The van der Waals surface area contributed by atoms with Gasteiger partial charge < -0.3 is 9.79 Å². The number of hydrogen-bond donors (Lipinski definition) is 2. The molecular weight excluding hydrogens is 221 g/mol. The number of carbonyl (C=O) groups excluding carboxylic acids is 1. The largest absolute Gasteiger partial charge is 0.341 e. The van der Waals surface area contributed by atoms with Crippen molar-refractivity contribution in [2.45, 2.75) is 31.8 Å². The highest BCUT2D eigenvalue weighted by Crippen LogP contribution is 2.55. The van der Waals surface area contributed by atoms with E-state index in [2.05, 4.69) is 4.84 Å². The first-order valence-electron chi connectivity index (χ1n) is 4.64. The van der Waals surface area contributed by atoms with E-state index in [0.717, 1.165) is 5.06 Å². The van der Waals surface area contributed by atoms with Crippen molar-refractivity contribution in [2.75, 3.05) is 14.2 Å². The smallest absolute Gasteiger partial charge is 0.324 e. The quantitative estimate of drug-likeness (QED) is 0.546. The van der Waals surface area contributed by atoms with Gasteiger partial charge in [0.1, 0.15) is 0 Å². The van der Waals surface area contributed by atoms with Gasteiger partial charge in [0.05, 0.1) is 7.11 Å². The van der Waals surface area contributed by atoms with Gasteiger partial charge in [0, 0.05) is 7.05 Å². The Kier molecular flexibility index (Phi) is 4.93. The number of rotatable bonds is 5. The molecule has 0 bridgehead atoms. The highest BCUT2D eigenvalue weighted by atomic mass is 31.2. The van der Waals surface area contributed by atoms with E-state index in [1.54, 1.807) is 13.8 Å². The van der Waals surface area contributed by atoms with E-state index in [4.69, 9.17) is 0 Å². The lowest BCUT2D eigenvalue weighted by atomic mass is 10.0. The second-order valence-electron chi connectivity index (χ2n) is 3.27. The molecule has 0 aliphatic rings. The molecule has 0 atom stereocenters. The van der Waals surface area contributed by atoms with E-state index in [1.807, 2.05) is 0 Å². The maximum atomic E-state index is 11.8. The van der Waals surface area contributed by atoms with Gasteiger partial charge >= 0.3 is 7.60 Å². The molecular formula is C8H18NO5P. The molecule has 90 valence electrons. The van der Waals surface area contributed by atoms with Crippen LogP contribution in [0.3, 0.4) is 0 Å². The van der Waals surface area contributed by atoms with Crippen LogP contribution in [-0.2, 0) is 14.2 Å². The molecule has 1 amide bonds. The summed E-state index contributed by atoms with van der Waals surface area (Å²) < 4.78 is 11.4. The fraction of sp³-hybridized carbons (Fsp3) is 0.875. The molecule has 0 saturated carbocycles. The van der Waals surface area contributed by atoms with Crippen LogP contribution in [0.2, 0.25) is 0 Å². The van der Waals surface area contributed by atoms with Gasteiger partial charge in [-0.3, -0.25) is 14.2 Å². The van der Waals surface area contributed by atoms with Gasteiger partial charge in [0.15, 0.2) is 5.16 Å². The van der Waals surface area contributed by atoms with Crippen LogP contribution in [0, 0.1) is 0 Å². The summed E-state index contributed by atoms with van der Waals surface area (Å²) in [6, 6.07) is 0. The van der Waals surface area contributed by atoms with Crippen molar-refractivity contribution in [3.05, 3.63) is 0 Å². The standard InChI is InChI=1S/C8H18NO5P/c1-5-8(6-2,15(11,12)13)7(10)9(3)14-4/h5-6H2,1-4H3,(H2,11,12,13). The summed E-state index contributed by atoms with van der Waals surface area (Å²) in [7, 11) is -1.90. The fourth-order valence-electron chi connectivity index (χ4n) is 1.46. The van der Waals surface area contributed by atoms with E-state index in [0.29, 0.717) is 0 Å². The van der Waals surface area contributed by atoms with Gasteiger partial charge in [-0.25, -0.2) is 5.06 Å². The molecule has 0 fully saturated rings. The van der Waals surface area contributed by atoms with Crippen LogP contribution in [0.4, 0.5) is 0 Å². The summed E-state index contributed by atoms with van der Waals surface area (Å²) in [5.74, 6) is -0.691. The second kappa shape index (κ2) is 5.07. The van der Waals surface area contributed by atoms with Crippen molar-refractivity contribution in [1.82, 2.24) is 5.06 Å². The van der Waals surface area contributed by atoms with Gasteiger partial charge in [-0.1, -0.05) is 13.8 Å². The molecule has 0 aromatic carbocycles. The van der Waals surface area contributed by atoms with E-state index in [9.17, 15) is 19.1 Å². The molecule has 0 aromatic rings. The number of nitrogens with zero attached hydrogens (tertiary/aromatic N) is 1. The second-order valence-corrected chi connectivity index (χ2v) is 5.21. The van der Waals surface area contributed by atoms with Gasteiger partial charge in [0.25, 0.3) is 5.91 Å². The van der Waals surface area contributed by atoms with Crippen LogP contribution in [0.5, 0.6) is 0 Å². The minimum Gasteiger partial charge on any atom is -0.324 e. The number of carbonyl (C=O) groups is 1. The SMILES string of the molecule is CCC(CC)(C(=O)N(C)OC)P(=O)(O)O. The lowest BCUT2D eigenvalue weighted by Crippen LogP contribution is -2.46. The summed E-state index contributed by atoms with van der Waals surface area (Å²) in [6.45, 7) is 3.15. The van der Waals surface area contributed by atoms with E-state index >= 15 is 0 Å². The lowest BCUT2D eigenvalue weighted by Gasteiger charge is -2.33. The topological polar surface area (TPSA) is 87.1 Å². The van der Waals surface area contributed by atoms with Gasteiger partial charge in [-0.05, 0) is 12.8 Å². The Morgan fingerprint density at radius 3 is 2.00 bits per heavy atom. The fourth-order valence-corrected chi connectivity index (χ4v) is 2.68. The highest BCUT2D eigenvalue weighted by Gasteiger charge is 2.52. The number of hydrogen-bond acceptors (Lipinski definition) is 3. The molecule has 0 heterocycles. The Labute approximate surface area is 89.3 Å². The summed E-state index contributed by atoms with van der Waals surface area (Å²) in [6.07, 6.45) is 0.140.